The lowest BCUT2D eigenvalue weighted by molar-refractivity contribution is 0.574. The fourth-order valence-corrected chi connectivity index (χ4v) is 2.58. The van der Waals surface area contributed by atoms with Gasteiger partial charge < -0.3 is 9.55 Å². The Bertz CT molecular complexity index is 639. The zero-order chi connectivity index (χ0) is 12.7. The Labute approximate surface area is 106 Å². The zero-order valence-corrected chi connectivity index (χ0v) is 10.7. The summed E-state index contributed by atoms with van der Waals surface area (Å²) < 4.78 is 1.56. The number of nitrogens with zero attached hydrogens (tertiary/aromatic N) is 2. The Kier molecular flexibility index (Phi) is 2.58. The summed E-state index contributed by atoms with van der Waals surface area (Å²) >= 11 is 0. The number of rotatable bonds is 1. The summed E-state index contributed by atoms with van der Waals surface area (Å²) in [5, 5.41) is 0. The molecule has 1 aliphatic rings. The lowest BCUT2D eigenvalue weighted by Gasteiger charge is -2.15. The molecule has 94 valence electrons. The van der Waals surface area contributed by atoms with Gasteiger partial charge in [-0.1, -0.05) is 6.92 Å². The minimum Gasteiger partial charge on any atom is -0.342 e. The number of fused-ring (bicyclic) bond motifs is 1. The van der Waals surface area contributed by atoms with Gasteiger partial charge in [-0.25, -0.2) is 4.98 Å². The molecule has 0 aliphatic heterocycles. The summed E-state index contributed by atoms with van der Waals surface area (Å²) in [4.78, 5) is 19.7. The molecule has 0 saturated heterocycles. The van der Waals surface area contributed by atoms with Crippen molar-refractivity contribution in [3.8, 4) is 11.4 Å². The predicted molar refractivity (Wildman–Crippen MR) is 70.6 cm³/mol. The van der Waals surface area contributed by atoms with E-state index in [2.05, 4.69) is 16.9 Å². The largest absolute Gasteiger partial charge is 0.342 e. The fraction of sp³-hybridized carbons (Fsp3) is 0.429. The molecule has 0 amide bonds. The summed E-state index contributed by atoms with van der Waals surface area (Å²) in [5.74, 6) is 1.34. The minimum atomic E-state index is -0.00470. The fourth-order valence-electron chi connectivity index (χ4n) is 2.58. The van der Waals surface area contributed by atoms with Gasteiger partial charge in [0.2, 0.25) is 0 Å². The van der Waals surface area contributed by atoms with E-state index in [-0.39, 0.29) is 5.56 Å². The molecule has 18 heavy (non-hydrogen) atoms. The first-order valence-corrected chi connectivity index (χ1v) is 6.41. The van der Waals surface area contributed by atoms with Crippen LogP contribution in [0.3, 0.4) is 0 Å². The average molecular weight is 243 g/mol. The molecule has 3 rings (SSSR count). The van der Waals surface area contributed by atoms with Crippen molar-refractivity contribution >= 4 is 0 Å². The van der Waals surface area contributed by atoms with Crippen LogP contribution < -0.4 is 5.56 Å². The van der Waals surface area contributed by atoms with E-state index in [0.29, 0.717) is 5.92 Å². The first-order chi connectivity index (χ1) is 8.65. The maximum Gasteiger partial charge on any atom is 0.250 e. The highest BCUT2D eigenvalue weighted by molar-refractivity contribution is 5.55. The molecular weight excluding hydrogens is 226 g/mol. The maximum atomic E-state index is 11.6. The number of aromatic nitrogens is 3. The van der Waals surface area contributed by atoms with E-state index in [4.69, 9.17) is 0 Å². The number of pyridine rings is 1. The van der Waals surface area contributed by atoms with Crippen molar-refractivity contribution in [2.24, 2.45) is 7.05 Å². The van der Waals surface area contributed by atoms with Crippen molar-refractivity contribution in [1.82, 2.24) is 14.5 Å². The van der Waals surface area contributed by atoms with Crippen LogP contribution in [0.2, 0.25) is 0 Å². The first-order valence-electron chi connectivity index (χ1n) is 6.41. The van der Waals surface area contributed by atoms with Crippen LogP contribution in [0.5, 0.6) is 0 Å². The van der Waals surface area contributed by atoms with Gasteiger partial charge in [0.05, 0.1) is 5.69 Å². The monoisotopic (exact) mass is 243 g/mol. The van der Waals surface area contributed by atoms with Gasteiger partial charge >= 0.3 is 0 Å². The highest BCUT2D eigenvalue weighted by atomic mass is 16.1. The molecule has 1 atom stereocenters. The summed E-state index contributed by atoms with van der Waals surface area (Å²) in [5.41, 5.74) is 3.29. The molecule has 0 fully saturated rings. The minimum absolute atomic E-state index is 0.00470. The molecule has 1 unspecified atom stereocenters. The van der Waals surface area contributed by atoms with Gasteiger partial charge in [0.25, 0.3) is 5.56 Å². The second kappa shape index (κ2) is 4.12. The summed E-state index contributed by atoms with van der Waals surface area (Å²) in [6.07, 6.45) is 5.26. The third kappa shape index (κ3) is 1.78. The van der Waals surface area contributed by atoms with Gasteiger partial charge in [0.15, 0.2) is 0 Å². The zero-order valence-electron chi connectivity index (χ0n) is 10.7. The van der Waals surface area contributed by atoms with Crippen LogP contribution in [0, 0.1) is 0 Å². The molecule has 0 bridgehead atoms. The highest BCUT2D eigenvalue weighted by Crippen LogP contribution is 2.31. The van der Waals surface area contributed by atoms with Crippen molar-refractivity contribution in [1.29, 1.82) is 0 Å². The number of hydrogen-bond donors (Lipinski definition) is 1. The van der Waals surface area contributed by atoms with Crippen LogP contribution in [-0.2, 0) is 13.5 Å². The van der Waals surface area contributed by atoms with Crippen molar-refractivity contribution in [3.05, 3.63) is 40.1 Å². The van der Waals surface area contributed by atoms with Crippen LogP contribution in [0.25, 0.3) is 11.4 Å². The Morgan fingerprint density at radius 3 is 3.06 bits per heavy atom. The molecule has 1 N–H and O–H groups in total. The Morgan fingerprint density at radius 2 is 2.33 bits per heavy atom. The van der Waals surface area contributed by atoms with E-state index in [1.807, 2.05) is 6.07 Å². The molecule has 2 aromatic rings. The quantitative estimate of drug-likeness (QED) is 0.835. The number of nitrogens with one attached hydrogen (secondary N) is 1. The van der Waals surface area contributed by atoms with E-state index in [0.717, 1.165) is 17.8 Å². The molecule has 2 heterocycles. The van der Waals surface area contributed by atoms with E-state index < -0.39 is 0 Å². The van der Waals surface area contributed by atoms with Gasteiger partial charge in [-0.15, -0.1) is 0 Å². The summed E-state index contributed by atoms with van der Waals surface area (Å²) in [7, 11) is 1.75. The maximum absolute atomic E-state index is 11.6. The third-order valence-corrected chi connectivity index (χ3v) is 3.72. The molecule has 0 saturated carbocycles. The first kappa shape index (κ1) is 11.3. The van der Waals surface area contributed by atoms with Gasteiger partial charge in [0, 0.05) is 36.5 Å². The topological polar surface area (TPSA) is 50.7 Å². The van der Waals surface area contributed by atoms with Crippen molar-refractivity contribution < 1.29 is 0 Å². The lowest BCUT2D eigenvalue weighted by Crippen LogP contribution is -2.14. The number of aromatic amines is 1. The van der Waals surface area contributed by atoms with E-state index in [9.17, 15) is 4.79 Å². The standard InChI is InChI=1S/C14H17N3O/c1-9-4-3-5-11-13(9)16-14(15-11)10-6-7-17(2)12(18)8-10/h6-9H,3-5H2,1-2H3,(H,15,16). The second-order valence-electron chi connectivity index (χ2n) is 5.11. The van der Waals surface area contributed by atoms with Crippen LogP contribution in [0.15, 0.2) is 23.1 Å². The molecule has 4 heteroatoms. The molecule has 0 aromatic carbocycles. The van der Waals surface area contributed by atoms with Crippen LogP contribution >= 0.6 is 0 Å². The summed E-state index contributed by atoms with van der Waals surface area (Å²) in [6.45, 7) is 2.21. The van der Waals surface area contributed by atoms with E-state index >= 15 is 0 Å². The number of aryl methyl sites for hydroxylation is 2. The van der Waals surface area contributed by atoms with Gasteiger partial charge in [-0.2, -0.15) is 0 Å². The van der Waals surface area contributed by atoms with Gasteiger partial charge in [-0.3, -0.25) is 4.79 Å². The number of H-pyrrole nitrogens is 1. The van der Waals surface area contributed by atoms with E-state index in [1.165, 1.54) is 24.2 Å². The smallest absolute Gasteiger partial charge is 0.250 e. The molecule has 0 radical (unpaired) electrons. The molecule has 1 aliphatic carbocycles. The summed E-state index contributed by atoms with van der Waals surface area (Å²) in [6, 6.07) is 3.56. The molecular formula is C14H17N3O. The molecule has 2 aromatic heterocycles. The van der Waals surface area contributed by atoms with Crippen molar-refractivity contribution in [2.45, 2.75) is 32.1 Å². The van der Waals surface area contributed by atoms with Gasteiger partial charge in [0.1, 0.15) is 5.82 Å². The average Bonchev–Trinajstić information content (AvgIpc) is 2.78. The molecule has 0 spiro atoms. The van der Waals surface area contributed by atoms with Crippen molar-refractivity contribution in [3.63, 3.8) is 0 Å². The van der Waals surface area contributed by atoms with Crippen LogP contribution in [0.1, 0.15) is 37.1 Å². The Balaban J connectivity index is 2.07. The van der Waals surface area contributed by atoms with Gasteiger partial charge in [-0.05, 0) is 25.3 Å². The Hall–Kier alpha value is -1.84. The SMILES string of the molecule is CC1CCCc2[nH]c(-c3ccn(C)c(=O)c3)nc21. The Morgan fingerprint density at radius 1 is 1.50 bits per heavy atom. The van der Waals surface area contributed by atoms with Crippen molar-refractivity contribution in [2.75, 3.05) is 0 Å². The van der Waals surface area contributed by atoms with E-state index in [1.54, 1.807) is 23.9 Å². The highest BCUT2D eigenvalue weighted by Gasteiger charge is 2.21. The third-order valence-electron chi connectivity index (χ3n) is 3.72. The normalized spacial score (nSPS) is 18.7. The second-order valence-corrected chi connectivity index (χ2v) is 5.11. The van der Waals surface area contributed by atoms with Crippen LogP contribution in [0.4, 0.5) is 0 Å². The number of hydrogen-bond acceptors (Lipinski definition) is 2. The number of imidazole rings is 1. The molecule has 4 nitrogen and oxygen atoms in total. The lowest BCUT2D eigenvalue weighted by atomic mass is 9.92. The predicted octanol–water partition coefficient (Wildman–Crippen LogP) is 2.22. The van der Waals surface area contributed by atoms with Crippen LogP contribution in [-0.4, -0.2) is 14.5 Å².